The van der Waals surface area contributed by atoms with Gasteiger partial charge in [-0.2, -0.15) is 0 Å². The van der Waals surface area contributed by atoms with Crippen LogP contribution in [0, 0.1) is 0 Å². The number of carbonyl (C=O) groups excluding carboxylic acids is 2. The molecule has 7 aromatic rings. The number of ketones is 2. The molecule has 1 spiro atoms. The zero-order valence-electron chi connectivity index (χ0n) is 25.1. The molecule has 0 saturated carbocycles. The van der Waals surface area contributed by atoms with Crippen molar-refractivity contribution in [3.63, 3.8) is 0 Å². The number of hydrogen-bond donors (Lipinski definition) is 0. The number of hydrogen-bond acceptors (Lipinski definition) is 4. The smallest absolute Gasteiger partial charge is 0.197 e. The zero-order chi connectivity index (χ0) is 31.3. The van der Waals surface area contributed by atoms with Crippen LogP contribution in [0.25, 0.3) is 28.0 Å². The summed E-state index contributed by atoms with van der Waals surface area (Å²) in [6, 6.07) is 50.4. The van der Waals surface area contributed by atoms with E-state index in [1.807, 2.05) is 48.5 Å². The molecule has 3 nitrogen and oxygen atoms in total. The van der Waals surface area contributed by atoms with Crippen LogP contribution in [0.1, 0.15) is 47.8 Å². The lowest BCUT2D eigenvalue weighted by Crippen LogP contribution is -2.35. The second-order valence-corrected chi connectivity index (χ2v) is 13.4. The highest BCUT2D eigenvalue weighted by Gasteiger charge is 2.52. The second kappa shape index (κ2) is 9.58. The highest BCUT2D eigenvalue weighted by molar-refractivity contribution is 7.17. The molecule has 6 aromatic carbocycles. The third-order valence-electron chi connectivity index (χ3n) is 10.0. The van der Waals surface area contributed by atoms with Crippen molar-refractivity contribution >= 4 is 56.1 Å². The van der Waals surface area contributed by atoms with Crippen LogP contribution >= 0.6 is 11.3 Å². The van der Waals surface area contributed by atoms with Crippen molar-refractivity contribution in [1.82, 2.24) is 0 Å². The van der Waals surface area contributed by atoms with Crippen LogP contribution < -0.4 is 4.90 Å². The first kappa shape index (κ1) is 26.4. The van der Waals surface area contributed by atoms with Crippen LogP contribution in [0.2, 0.25) is 0 Å². The van der Waals surface area contributed by atoms with E-state index in [9.17, 15) is 9.59 Å². The molecular formula is C43H25NO2S. The Labute approximate surface area is 275 Å². The van der Waals surface area contributed by atoms with E-state index in [1.165, 1.54) is 27.8 Å². The molecule has 0 fully saturated rings. The van der Waals surface area contributed by atoms with Crippen molar-refractivity contribution in [1.29, 1.82) is 0 Å². The largest absolute Gasteiger partial charge is 0.301 e. The van der Waals surface area contributed by atoms with Crippen LogP contribution in [-0.4, -0.2) is 11.6 Å². The van der Waals surface area contributed by atoms with Crippen LogP contribution in [0.15, 0.2) is 151 Å². The summed E-state index contributed by atoms with van der Waals surface area (Å²) in [5.74, 6) is -0.423. The number of anilines is 3. The molecule has 0 amide bonds. The minimum absolute atomic E-state index is 0.211. The number of thiophene rings is 1. The Morgan fingerprint density at radius 2 is 1.04 bits per heavy atom. The maximum Gasteiger partial charge on any atom is 0.197 e. The molecular weight excluding hydrogens is 595 g/mol. The van der Waals surface area contributed by atoms with Gasteiger partial charge in [0.05, 0.1) is 16.7 Å². The molecule has 10 rings (SSSR count). The van der Waals surface area contributed by atoms with E-state index in [0.29, 0.717) is 11.1 Å². The molecule has 2 heterocycles. The quantitative estimate of drug-likeness (QED) is 0.143. The molecule has 3 aliphatic rings. The fourth-order valence-electron chi connectivity index (χ4n) is 8.08. The first-order valence-corrected chi connectivity index (χ1v) is 16.6. The molecule has 1 aromatic heterocycles. The Morgan fingerprint density at radius 1 is 0.511 bits per heavy atom. The maximum atomic E-state index is 13.8. The van der Waals surface area contributed by atoms with Gasteiger partial charge in [-0.15, -0.1) is 11.3 Å². The van der Waals surface area contributed by atoms with Gasteiger partial charge in [-0.1, -0.05) is 109 Å². The summed E-state index contributed by atoms with van der Waals surface area (Å²) in [5, 5.41) is 2.99. The molecule has 2 aliphatic carbocycles. The minimum Gasteiger partial charge on any atom is -0.301 e. The number of fused-ring (bicyclic) bond motifs is 11. The third kappa shape index (κ3) is 3.45. The van der Waals surface area contributed by atoms with Crippen molar-refractivity contribution < 1.29 is 9.59 Å². The number of nitrogens with zero attached hydrogens (tertiary/aromatic N) is 1. The number of carbonyl (C=O) groups is 2. The first-order valence-electron chi connectivity index (χ1n) is 15.8. The molecule has 0 saturated heterocycles. The van der Waals surface area contributed by atoms with Gasteiger partial charge in [-0.05, 0) is 81.1 Å². The summed E-state index contributed by atoms with van der Waals surface area (Å²) in [6.07, 6.45) is 1.83. The van der Waals surface area contributed by atoms with Crippen LogP contribution in [0.4, 0.5) is 16.4 Å². The van der Waals surface area contributed by atoms with Crippen LogP contribution in [0.3, 0.4) is 0 Å². The lowest BCUT2D eigenvalue weighted by atomic mass is 9.66. The van der Waals surface area contributed by atoms with Crippen LogP contribution in [0.5, 0.6) is 0 Å². The molecule has 0 N–H and O–H groups in total. The third-order valence-corrected chi connectivity index (χ3v) is 11.1. The molecule has 0 unspecified atom stereocenters. The average molecular weight is 620 g/mol. The van der Waals surface area contributed by atoms with E-state index in [2.05, 4.69) is 108 Å². The molecule has 4 heteroatoms. The Bertz CT molecular complexity index is 2420. The summed E-state index contributed by atoms with van der Waals surface area (Å²) in [6.45, 7) is 0. The second-order valence-electron chi connectivity index (χ2n) is 12.4. The molecule has 220 valence electrons. The van der Waals surface area contributed by atoms with E-state index in [4.69, 9.17) is 0 Å². The molecule has 47 heavy (non-hydrogen) atoms. The lowest BCUT2D eigenvalue weighted by Gasteiger charge is -2.43. The Kier molecular flexibility index (Phi) is 5.38. The van der Waals surface area contributed by atoms with Gasteiger partial charge >= 0.3 is 0 Å². The summed E-state index contributed by atoms with van der Waals surface area (Å²) in [5.41, 5.74) is 10.1. The SMILES string of the molecule is O=C1C(=Cc2cc3c(s2)N(c2ccccc2)c2ccccc2C32c3ccccc3-c3ccccc32)C(=O)c2cc3ccccc3cc21. The van der Waals surface area contributed by atoms with Crippen molar-refractivity contribution in [3.8, 4) is 11.1 Å². The van der Waals surface area contributed by atoms with E-state index in [-0.39, 0.29) is 17.1 Å². The number of benzene rings is 6. The molecule has 1 aliphatic heterocycles. The predicted molar refractivity (Wildman–Crippen MR) is 190 cm³/mol. The molecule has 0 radical (unpaired) electrons. The predicted octanol–water partition coefficient (Wildman–Crippen LogP) is 10.5. The minimum atomic E-state index is -0.567. The number of allylic oxidation sites excluding steroid dienone is 1. The fourth-order valence-corrected chi connectivity index (χ4v) is 9.27. The van der Waals surface area contributed by atoms with Gasteiger partial charge in [0, 0.05) is 27.3 Å². The summed E-state index contributed by atoms with van der Waals surface area (Å²) < 4.78 is 0. The first-order chi connectivity index (χ1) is 23.1. The highest BCUT2D eigenvalue weighted by atomic mass is 32.1. The maximum absolute atomic E-state index is 13.8. The monoisotopic (exact) mass is 619 g/mol. The summed E-state index contributed by atoms with van der Waals surface area (Å²) in [7, 11) is 0. The van der Waals surface area contributed by atoms with E-state index in [0.717, 1.165) is 37.6 Å². The van der Waals surface area contributed by atoms with Gasteiger partial charge in [0.2, 0.25) is 0 Å². The summed E-state index contributed by atoms with van der Waals surface area (Å²) >= 11 is 1.63. The van der Waals surface area contributed by atoms with Crippen molar-refractivity contribution in [2.75, 3.05) is 4.90 Å². The Hall–Kier alpha value is -5.84. The van der Waals surface area contributed by atoms with Crippen molar-refractivity contribution in [2.24, 2.45) is 0 Å². The van der Waals surface area contributed by atoms with Gasteiger partial charge in [-0.3, -0.25) is 9.59 Å². The topological polar surface area (TPSA) is 37.4 Å². The molecule has 0 bridgehead atoms. The zero-order valence-corrected chi connectivity index (χ0v) is 25.9. The Balaban J connectivity index is 1.25. The highest BCUT2D eigenvalue weighted by Crippen LogP contribution is 2.65. The van der Waals surface area contributed by atoms with Crippen molar-refractivity contribution in [3.05, 3.63) is 189 Å². The lowest BCUT2D eigenvalue weighted by molar-refractivity contribution is 0.0990. The normalized spacial score (nSPS) is 15.0. The molecule has 0 atom stereocenters. The van der Waals surface area contributed by atoms with E-state index >= 15 is 0 Å². The van der Waals surface area contributed by atoms with E-state index in [1.54, 1.807) is 11.3 Å². The van der Waals surface area contributed by atoms with Gasteiger partial charge in [-0.25, -0.2) is 0 Å². The van der Waals surface area contributed by atoms with Crippen molar-refractivity contribution in [2.45, 2.75) is 5.41 Å². The number of rotatable bonds is 2. The van der Waals surface area contributed by atoms with Gasteiger partial charge < -0.3 is 4.90 Å². The van der Waals surface area contributed by atoms with Crippen LogP contribution in [-0.2, 0) is 5.41 Å². The number of para-hydroxylation sites is 2. The Morgan fingerprint density at radius 3 is 1.68 bits per heavy atom. The van der Waals surface area contributed by atoms with Gasteiger partial charge in [0.1, 0.15) is 5.00 Å². The van der Waals surface area contributed by atoms with E-state index < -0.39 is 5.41 Å². The number of Topliss-reactive ketones (excluding diaryl/α,β-unsaturated/α-hetero) is 2. The average Bonchev–Trinajstić information content (AvgIpc) is 3.74. The fraction of sp³-hybridized carbons (Fsp3) is 0.0233. The standard InChI is InChI=1S/C43H25NO2S/c45-40-32-22-26-12-4-5-13-27(26)23-33(32)41(46)34(40)24-29-25-38-42(47-29)44(28-14-2-1-3-15-28)39-21-11-10-20-37(39)43(38)35-18-8-6-16-30(35)31-17-7-9-19-36(31)43/h1-25H. The van der Waals surface area contributed by atoms with Gasteiger partial charge in [0.15, 0.2) is 11.6 Å². The van der Waals surface area contributed by atoms with Gasteiger partial charge in [0.25, 0.3) is 0 Å². The summed E-state index contributed by atoms with van der Waals surface area (Å²) in [4.78, 5) is 30.9.